The topological polar surface area (TPSA) is 78.5 Å². The summed E-state index contributed by atoms with van der Waals surface area (Å²) >= 11 is 0. The molecule has 0 bridgehead atoms. The van der Waals surface area contributed by atoms with Crippen LogP contribution in [0.3, 0.4) is 0 Å². The molecule has 0 aromatic heterocycles. The summed E-state index contributed by atoms with van der Waals surface area (Å²) in [6.45, 7) is 10.3. The summed E-state index contributed by atoms with van der Waals surface area (Å²) in [5, 5.41) is 2.77. The molecular weight excluding hydrogens is 278 g/mol. The fourth-order valence-electron chi connectivity index (χ4n) is 2.05. The van der Waals surface area contributed by atoms with Crippen LogP contribution in [0.15, 0.2) is 0 Å². The van der Waals surface area contributed by atoms with Crippen molar-refractivity contribution in [1.82, 2.24) is 14.3 Å². The molecule has 20 heavy (non-hydrogen) atoms. The van der Waals surface area contributed by atoms with Crippen LogP contribution in [-0.4, -0.2) is 43.3 Å². The van der Waals surface area contributed by atoms with Crippen molar-refractivity contribution in [3.05, 3.63) is 0 Å². The number of hydrogen-bond acceptors (Lipinski definition) is 3. The molecule has 0 aliphatic carbocycles. The summed E-state index contributed by atoms with van der Waals surface area (Å²) in [5.74, 6) is 0.245. The molecule has 1 rings (SSSR count). The Morgan fingerprint density at radius 1 is 1.25 bits per heavy atom. The van der Waals surface area contributed by atoms with Gasteiger partial charge in [0.15, 0.2) is 0 Å². The van der Waals surface area contributed by atoms with Crippen LogP contribution in [0.2, 0.25) is 0 Å². The van der Waals surface area contributed by atoms with E-state index in [0.717, 1.165) is 12.8 Å². The molecule has 118 valence electrons. The van der Waals surface area contributed by atoms with E-state index in [1.54, 1.807) is 6.92 Å². The lowest BCUT2D eigenvalue weighted by molar-refractivity contribution is -0.123. The summed E-state index contributed by atoms with van der Waals surface area (Å²) in [4.78, 5) is 11.9. The predicted octanol–water partition coefficient (Wildman–Crippen LogP) is 0.856. The van der Waals surface area contributed by atoms with E-state index in [4.69, 9.17) is 0 Å². The molecule has 7 heteroatoms. The highest BCUT2D eigenvalue weighted by atomic mass is 32.2. The molecule has 1 unspecified atom stereocenters. The zero-order valence-electron chi connectivity index (χ0n) is 13.1. The van der Waals surface area contributed by atoms with Crippen LogP contribution in [0, 0.1) is 5.92 Å². The van der Waals surface area contributed by atoms with Crippen LogP contribution >= 0.6 is 0 Å². The highest BCUT2D eigenvalue weighted by Gasteiger charge is 2.30. The summed E-state index contributed by atoms with van der Waals surface area (Å²) in [7, 11) is -3.58. The maximum absolute atomic E-state index is 12.2. The van der Waals surface area contributed by atoms with Gasteiger partial charge < -0.3 is 5.32 Å². The molecule has 1 aliphatic heterocycles. The van der Waals surface area contributed by atoms with Crippen molar-refractivity contribution in [3.8, 4) is 0 Å². The Morgan fingerprint density at radius 3 is 2.20 bits per heavy atom. The molecule has 2 N–H and O–H groups in total. The lowest BCUT2D eigenvalue weighted by atomic mass is 10.0. The average Bonchev–Trinajstić information content (AvgIpc) is 2.26. The van der Waals surface area contributed by atoms with Gasteiger partial charge in [0.1, 0.15) is 0 Å². The Hall–Kier alpha value is -0.660. The normalized spacial score (nSPS) is 20.6. The molecule has 1 amide bonds. The third kappa shape index (κ3) is 5.38. The van der Waals surface area contributed by atoms with Crippen LogP contribution in [-0.2, 0) is 15.0 Å². The van der Waals surface area contributed by atoms with Gasteiger partial charge in [-0.15, -0.1) is 0 Å². The van der Waals surface area contributed by atoms with E-state index >= 15 is 0 Å². The third-order valence-corrected chi connectivity index (χ3v) is 5.00. The molecule has 6 nitrogen and oxygen atoms in total. The van der Waals surface area contributed by atoms with Gasteiger partial charge in [-0.1, -0.05) is 6.92 Å². The van der Waals surface area contributed by atoms with Gasteiger partial charge in [-0.3, -0.25) is 4.79 Å². The van der Waals surface area contributed by atoms with Gasteiger partial charge in [0.25, 0.3) is 10.2 Å². The van der Waals surface area contributed by atoms with Gasteiger partial charge in [0.2, 0.25) is 5.91 Å². The second kappa shape index (κ2) is 6.41. The number of hydrogen-bond donors (Lipinski definition) is 2. The fourth-order valence-corrected chi connectivity index (χ4v) is 3.45. The Kier molecular flexibility index (Phi) is 5.57. The smallest absolute Gasteiger partial charge is 0.280 e. The fraction of sp³-hybridized carbons (Fsp3) is 0.923. The molecule has 1 atom stereocenters. The SMILES string of the molecule is CC1CCN(S(=O)(=O)NC(C)C(=O)NC(C)(C)C)CC1. The number of nitrogens with zero attached hydrogens (tertiary/aromatic N) is 1. The highest BCUT2D eigenvalue weighted by molar-refractivity contribution is 7.87. The number of carbonyl (C=O) groups is 1. The Morgan fingerprint density at radius 2 is 1.75 bits per heavy atom. The Balaban J connectivity index is 2.59. The standard InChI is InChI=1S/C13H27N3O3S/c1-10-6-8-16(9-7-10)20(18,19)15-11(2)12(17)14-13(3,4)5/h10-11,15H,6-9H2,1-5H3,(H,14,17). The Bertz CT molecular complexity index is 434. The van der Waals surface area contributed by atoms with Gasteiger partial charge in [-0.2, -0.15) is 17.4 Å². The van der Waals surface area contributed by atoms with E-state index in [1.807, 2.05) is 20.8 Å². The maximum Gasteiger partial charge on any atom is 0.280 e. The molecule has 0 spiro atoms. The van der Waals surface area contributed by atoms with Crippen LogP contribution in [0.1, 0.15) is 47.5 Å². The molecule has 0 aromatic carbocycles. The second-order valence-corrected chi connectivity index (χ2v) is 8.37. The van der Waals surface area contributed by atoms with E-state index in [2.05, 4.69) is 17.0 Å². The Labute approximate surface area is 122 Å². The minimum atomic E-state index is -3.58. The first-order chi connectivity index (χ1) is 9.01. The third-order valence-electron chi connectivity index (χ3n) is 3.30. The van der Waals surface area contributed by atoms with E-state index in [9.17, 15) is 13.2 Å². The van der Waals surface area contributed by atoms with Crippen LogP contribution in [0.4, 0.5) is 0 Å². The minimum Gasteiger partial charge on any atom is -0.350 e. The molecular formula is C13H27N3O3S. The molecule has 0 aromatic rings. The van der Waals surface area contributed by atoms with E-state index in [-0.39, 0.29) is 11.4 Å². The highest BCUT2D eigenvalue weighted by Crippen LogP contribution is 2.18. The number of piperidine rings is 1. The van der Waals surface area contributed by atoms with Crippen molar-refractivity contribution >= 4 is 16.1 Å². The molecule has 0 saturated carbocycles. The van der Waals surface area contributed by atoms with Gasteiger partial charge in [0.05, 0.1) is 6.04 Å². The lowest BCUT2D eigenvalue weighted by Gasteiger charge is -2.31. The van der Waals surface area contributed by atoms with Crippen molar-refractivity contribution in [2.75, 3.05) is 13.1 Å². The summed E-state index contributed by atoms with van der Waals surface area (Å²) in [5.41, 5.74) is -0.378. The molecule has 1 saturated heterocycles. The predicted molar refractivity (Wildman–Crippen MR) is 79.4 cm³/mol. The van der Waals surface area contributed by atoms with Crippen molar-refractivity contribution in [1.29, 1.82) is 0 Å². The zero-order valence-corrected chi connectivity index (χ0v) is 13.9. The summed E-state index contributed by atoms with van der Waals surface area (Å²) < 4.78 is 28.3. The molecule has 0 radical (unpaired) electrons. The number of amides is 1. The zero-order chi connectivity index (χ0) is 15.6. The van der Waals surface area contributed by atoms with Gasteiger partial charge >= 0.3 is 0 Å². The maximum atomic E-state index is 12.2. The quantitative estimate of drug-likeness (QED) is 0.808. The van der Waals surface area contributed by atoms with E-state index in [1.165, 1.54) is 4.31 Å². The van der Waals surface area contributed by atoms with Crippen LogP contribution in [0.25, 0.3) is 0 Å². The largest absolute Gasteiger partial charge is 0.350 e. The first-order valence-electron chi connectivity index (χ1n) is 7.11. The van der Waals surface area contributed by atoms with Gasteiger partial charge in [-0.05, 0) is 46.5 Å². The average molecular weight is 305 g/mol. The van der Waals surface area contributed by atoms with Crippen LogP contribution in [0.5, 0.6) is 0 Å². The van der Waals surface area contributed by atoms with Gasteiger partial charge in [-0.25, -0.2) is 0 Å². The second-order valence-electron chi connectivity index (χ2n) is 6.67. The van der Waals surface area contributed by atoms with Crippen molar-refractivity contribution in [3.63, 3.8) is 0 Å². The first-order valence-corrected chi connectivity index (χ1v) is 8.55. The number of carbonyl (C=O) groups excluding carboxylic acids is 1. The van der Waals surface area contributed by atoms with E-state index < -0.39 is 16.3 Å². The summed E-state index contributed by atoms with van der Waals surface area (Å²) in [6, 6.07) is -0.779. The minimum absolute atomic E-state index is 0.313. The molecule has 1 fully saturated rings. The number of rotatable bonds is 4. The van der Waals surface area contributed by atoms with Crippen LogP contribution < -0.4 is 10.0 Å². The molecule has 1 heterocycles. The van der Waals surface area contributed by atoms with Gasteiger partial charge in [0, 0.05) is 18.6 Å². The van der Waals surface area contributed by atoms with Crippen molar-refractivity contribution in [2.24, 2.45) is 5.92 Å². The number of nitrogens with one attached hydrogen (secondary N) is 2. The monoisotopic (exact) mass is 305 g/mol. The molecule has 1 aliphatic rings. The summed E-state index contributed by atoms with van der Waals surface area (Å²) in [6.07, 6.45) is 1.73. The lowest BCUT2D eigenvalue weighted by Crippen LogP contribution is -2.54. The van der Waals surface area contributed by atoms with Crippen molar-refractivity contribution < 1.29 is 13.2 Å². The van der Waals surface area contributed by atoms with Crippen molar-refractivity contribution in [2.45, 2.75) is 59.0 Å². The first kappa shape index (κ1) is 17.4. The van der Waals surface area contributed by atoms with E-state index in [0.29, 0.717) is 19.0 Å².